The standard InChI is InChI=1S/C26H33N3O2/c1-26(2,3)15-17-29(16-14-22-18-27-24-7-5-4-6-23(22)24)19-21-10-8-20(9-11-21)12-13-25(30)28-31/h4-13,18,27,31H,14-17,19H2,1-3H3,(H,28,30). The number of amides is 1. The smallest absolute Gasteiger partial charge is 0.267 e. The Hall–Kier alpha value is -2.89. The second-order valence-electron chi connectivity index (χ2n) is 9.25. The van der Waals surface area contributed by atoms with Gasteiger partial charge in [-0.2, -0.15) is 0 Å². The molecule has 0 aliphatic heterocycles. The van der Waals surface area contributed by atoms with Crippen LogP contribution in [-0.4, -0.2) is 34.1 Å². The highest BCUT2D eigenvalue weighted by molar-refractivity contribution is 5.90. The lowest BCUT2D eigenvalue weighted by atomic mass is 9.92. The number of H-pyrrole nitrogens is 1. The van der Waals surface area contributed by atoms with Crippen molar-refractivity contribution in [3.05, 3.63) is 77.5 Å². The van der Waals surface area contributed by atoms with Crippen molar-refractivity contribution in [3.63, 3.8) is 0 Å². The van der Waals surface area contributed by atoms with Gasteiger partial charge in [-0.15, -0.1) is 0 Å². The Bertz CT molecular complexity index is 1010. The lowest BCUT2D eigenvalue weighted by Crippen LogP contribution is -2.29. The number of nitrogens with one attached hydrogen (secondary N) is 2. The van der Waals surface area contributed by atoms with Crippen LogP contribution in [0.15, 0.2) is 60.8 Å². The monoisotopic (exact) mass is 419 g/mol. The number of benzene rings is 2. The largest absolute Gasteiger partial charge is 0.361 e. The molecule has 1 aromatic heterocycles. The van der Waals surface area contributed by atoms with E-state index in [2.05, 4.69) is 73.3 Å². The molecule has 0 saturated carbocycles. The summed E-state index contributed by atoms with van der Waals surface area (Å²) in [4.78, 5) is 17.0. The second kappa shape index (κ2) is 10.4. The Kier molecular flexibility index (Phi) is 7.66. The topological polar surface area (TPSA) is 68.4 Å². The number of aromatic amines is 1. The van der Waals surface area contributed by atoms with Gasteiger partial charge in [0, 0.05) is 36.3 Å². The van der Waals surface area contributed by atoms with Gasteiger partial charge in [0.2, 0.25) is 0 Å². The number of hydrogen-bond acceptors (Lipinski definition) is 3. The Morgan fingerprint density at radius 1 is 1.10 bits per heavy atom. The Morgan fingerprint density at radius 3 is 2.55 bits per heavy atom. The molecule has 0 saturated heterocycles. The molecule has 3 N–H and O–H groups in total. The fourth-order valence-corrected chi connectivity index (χ4v) is 3.58. The van der Waals surface area contributed by atoms with Crippen molar-refractivity contribution < 1.29 is 10.0 Å². The van der Waals surface area contributed by atoms with E-state index >= 15 is 0 Å². The predicted octanol–water partition coefficient (Wildman–Crippen LogP) is 5.17. The van der Waals surface area contributed by atoms with Crippen LogP contribution in [0.2, 0.25) is 0 Å². The summed E-state index contributed by atoms with van der Waals surface area (Å²) >= 11 is 0. The van der Waals surface area contributed by atoms with Crippen LogP contribution in [-0.2, 0) is 17.8 Å². The van der Waals surface area contributed by atoms with Gasteiger partial charge in [0.25, 0.3) is 5.91 Å². The number of rotatable bonds is 9. The second-order valence-corrected chi connectivity index (χ2v) is 9.25. The number of fused-ring (bicyclic) bond motifs is 1. The van der Waals surface area contributed by atoms with Gasteiger partial charge in [0.1, 0.15) is 0 Å². The van der Waals surface area contributed by atoms with E-state index in [0.717, 1.165) is 38.0 Å². The van der Waals surface area contributed by atoms with Crippen LogP contribution in [0.4, 0.5) is 0 Å². The van der Waals surface area contributed by atoms with Gasteiger partial charge in [0.05, 0.1) is 0 Å². The van der Waals surface area contributed by atoms with Crippen LogP contribution < -0.4 is 5.48 Å². The Morgan fingerprint density at radius 2 is 1.84 bits per heavy atom. The van der Waals surface area contributed by atoms with Gasteiger partial charge in [-0.3, -0.25) is 14.9 Å². The molecule has 5 nitrogen and oxygen atoms in total. The molecule has 0 unspecified atom stereocenters. The minimum atomic E-state index is -0.533. The van der Waals surface area contributed by atoms with Gasteiger partial charge >= 0.3 is 0 Å². The molecule has 0 fully saturated rings. The predicted molar refractivity (Wildman–Crippen MR) is 127 cm³/mol. The number of para-hydroxylation sites is 1. The molecule has 31 heavy (non-hydrogen) atoms. The molecule has 0 spiro atoms. The van der Waals surface area contributed by atoms with Gasteiger partial charge in [-0.1, -0.05) is 63.2 Å². The third-order valence-electron chi connectivity index (χ3n) is 5.47. The fourth-order valence-electron chi connectivity index (χ4n) is 3.58. The first-order valence-electron chi connectivity index (χ1n) is 10.8. The number of hydrogen-bond donors (Lipinski definition) is 3. The summed E-state index contributed by atoms with van der Waals surface area (Å²) in [6, 6.07) is 16.7. The maximum absolute atomic E-state index is 11.1. The zero-order valence-electron chi connectivity index (χ0n) is 18.7. The molecular formula is C26H33N3O2. The van der Waals surface area contributed by atoms with Gasteiger partial charge < -0.3 is 4.98 Å². The minimum absolute atomic E-state index is 0.293. The van der Waals surface area contributed by atoms with Crippen molar-refractivity contribution >= 4 is 22.9 Å². The lowest BCUT2D eigenvalue weighted by molar-refractivity contribution is -0.124. The van der Waals surface area contributed by atoms with Crippen molar-refractivity contribution in [1.29, 1.82) is 0 Å². The van der Waals surface area contributed by atoms with Crippen molar-refractivity contribution in [3.8, 4) is 0 Å². The molecule has 3 rings (SSSR count). The molecule has 1 amide bonds. The van der Waals surface area contributed by atoms with E-state index in [9.17, 15) is 4.79 Å². The maximum atomic E-state index is 11.1. The summed E-state index contributed by atoms with van der Waals surface area (Å²) in [6.45, 7) is 9.79. The molecule has 0 radical (unpaired) electrons. The molecule has 164 valence electrons. The first-order valence-corrected chi connectivity index (χ1v) is 10.8. The quantitative estimate of drug-likeness (QED) is 0.255. The van der Waals surface area contributed by atoms with Crippen LogP contribution in [0.25, 0.3) is 17.0 Å². The van der Waals surface area contributed by atoms with Crippen LogP contribution in [0, 0.1) is 5.41 Å². The van der Waals surface area contributed by atoms with Crippen LogP contribution in [0.5, 0.6) is 0 Å². The van der Waals surface area contributed by atoms with Crippen LogP contribution in [0.3, 0.4) is 0 Å². The van der Waals surface area contributed by atoms with Crippen LogP contribution in [0.1, 0.15) is 43.9 Å². The highest BCUT2D eigenvalue weighted by Gasteiger charge is 2.15. The molecule has 5 heteroatoms. The lowest BCUT2D eigenvalue weighted by Gasteiger charge is -2.27. The van der Waals surface area contributed by atoms with Gasteiger partial charge in [-0.25, -0.2) is 5.48 Å². The van der Waals surface area contributed by atoms with E-state index in [1.165, 1.54) is 28.1 Å². The average molecular weight is 420 g/mol. The Balaban J connectivity index is 1.66. The van der Waals surface area contributed by atoms with E-state index in [1.807, 2.05) is 12.1 Å². The van der Waals surface area contributed by atoms with Crippen molar-refractivity contribution in [1.82, 2.24) is 15.4 Å². The molecule has 3 aromatic rings. The summed E-state index contributed by atoms with van der Waals surface area (Å²) < 4.78 is 0. The first-order chi connectivity index (χ1) is 14.8. The van der Waals surface area contributed by atoms with Gasteiger partial charge in [0.15, 0.2) is 0 Å². The van der Waals surface area contributed by atoms with E-state index in [-0.39, 0.29) is 0 Å². The average Bonchev–Trinajstić information content (AvgIpc) is 3.17. The Labute approximate surface area is 184 Å². The fraction of sp³-hybridized carbons (Fsp3) is 0.346. The molecular weight excluding hydrogens is 386 g/mol. The summed E-state index contributed by atoms with van der Waals surface area (Å²) in [7, 11) is 0. The number of aromatic nitrogens is 1. The molecule has 0 atom stereocenters. The van der Waals surface area contributed by atoms with Crippen molar-refractivity contribution in [2.75, 3.05) is 13.1 Å². The van der Waals surface area contributed by atoms with E-state index in [1.54, 1.807) is 11.6 Å². The van der Waals surface area contributed by atoms with Crippen molar-refractivity contribution in [2.24, 2.45) is 5.41 Å². The summed E-state index contributed by atoms with van der Waals surface area (Å²) in [5.74, 6) is -0.533. The van der Waals surface area contributed by atoms with Gasteiger partial charge in [-0.05, 0) is 53.6 Å². The van der Waals surface area contributed by atoms with E-state index in [4.69, 9.17) is 5.21 Å². The summed E-state index contributed by atoms with van der Waals surface area (Å²) in [6.07, 6.45) is 7.27. The SMILES string of the molecule is CC(C)(C)CCN(CCc1c[nH]c2ccccc12)Cc1ccc(C=CC(=O)NO)cc1. The summed E-state index contributed by atoms with van der Waals surface area (Å²) in [5, 5.41) is 9.89. The minimum Gasteiger partial charge on any atom is -0.361 e. The normalized spacial score (nSPS) is 12.2. The summed E-state index contributed by atoms with van der Waals surface area (Å²) in [5.41, 5.74) is 6.62. The zero-order valence-corrected chi connectivity index (χ0v) is 18.7. The number of carbonyl (C=O) groups excluding carboxylic acids is 1. The first kappa shape index (κ1) is 22.8. The van der Waals surface area contributed by atoms with Crippen LogP contribution >= 0.6 is 0 Å². The van der Waals surface area contributed by atoms with E-state index in [0.29, 0.717) is 5.41 Å². The number of hydroxylamine groups is 1. The third kappa shape index (κ3) is 7.09. The molecule has 1 heterocycles. The number of carbonyl (C=O) groups is 1. The molecule has 0 aliphatic rings. The highest BCUT2D eigenvalue weighted by Crippen LogP contribution is 2.22. The molecule has 0 aliphatic carbocycles. The highest BCUT2D eigenvalue weighted by atomic mass is 16.5. The molecule has 0 bridgehead atoms. The molecule has 2 aromatic carbocycles. The maximum Gasteiger partial charge on any atom is 0.267 e. The third-order valence-corrected chi connectivity index (χ3v) is 5.47. The zero-order chi connectivity index (χ0) is 22.3. The van der Waals surface area contributed by atoms with E-state index < -0.39 is 5.91 Å². The number of nitrogens with zero attached hydrogens (tertiary/aromatic N) is 1. The van der Waals surface area contributed by atoms with Crippen molar-refractivity contribution in [2.45, 2.75) is 40.2 Å².